The van der Waals surface area contributed by atoms with Gasteiger partial charge < -0.3 is 10.6 Å². The predicted octanol–water partition coefficient (Wildman–Crippen LogP) is 0.431. The zero-order valence-electron chi connectivity index (χ0n) is 9.02. The lowest BCUT2D eigenvalue weighted by Crippen LogP contribution is -2.31. The fourth-order valence-electron chi connectivity index (χ4n) is 1.31. The Morgan fingerprint density at radius 1 is 1.60 bits per heavy atom. The molecule has 0 unspecified atom stereocenters. The Morgan fingerprint density at radius 2 is 2.40 bits per heavy atom. The van der Waals surface area contributed by atoms with Crippen LogP contribution in [0.1, 0.15) is 12.0 Å². The first-order valence-corrected chi connectivity index (χ1v) is 5.07. The topological polar surface area (TPSA) is 59.2 Å². The molecule has 0 aliphatic rings. The Bertz CT molecular complexity index is 300. The Balaban J connectivity index is 2.34. The number of nitrogens with zero attached hydrogens (tertiary/aromatic N) is 2. The van der Waals surface area contributed by atoms with Crippen LogP contribution in [0, 0.1) is 0 Å². The fraction of sp³-hybridized carbons (Fsp3) is 0.455. The van der Waals surface area contributed by atoms with Gasteiger partial charge in [-0.05, 0) is 18.1 Å². The highest BCUT2D eigenvalue weighted by Crippen LogP contribution is 2.02. The van der Waals surface area contributed by atoms with E-state index in [0.29, 0.717) is 19.5 Å². The first-order valence-electron chi connectivity index (χ1n) is 5.07. The monoisotopic (exact) mass is 207 g/mol. The summed E-state index contributed by atoms with van der Waals surface area (Å²) in [6.45, 7) is 1.13. The van der Waals surface area contributed by atoms with Crippen LogP contribution in [0.15, 0.2) is 24.5 Å². The lowest BCUT2D eigenvalue weighted by Gasteiger charge is -2.15. The molecule has 0 atom stereocenters. The maximum absolute atomic E-state index is 11.6. The summed E-state index contributed by atoms with van der Waals surface area (Å²) in [4.78, 5) is 17.2. The summed E-state index contributed by atoms with van der Waals surface area (Å²) >= 11 is 0. The molecule has 0 saturated heterocycles. The van der Waals surface area contributed by atoms with Gasteiger partial charge in [0.15, 0.2) is 0 Å². The molecular weight excluding hydrogens is 190 g/mol. The molecule has 4 nitrogen and oxygen atoms in total. The zero-order chi connectivity index (χ0) is 11.1. The summed E-state index contributed by atoms with van der Waals surface area (Å²) in [5.41, 5.74) is 6.46. The number of hydrogen-bond acceptors (Lipinski definition) is 3. The second-order valence-electron chi connectivity index (χ2n) is 3.47. The Hall–Kier alpha value is -1.42. The predicted molar refractivity (Wildman–Crippen MR) is 59.2 cm³/mol. The van der Waals surface area contributed by atoms with Crippen LogP contribution in [0.3, 0.4) is 0 Å². The number of aryl methyl sites for hydroxylation is 1. The molecule has 2 N–H and O–H groups in total. The van der Waals surface area contributed by atoms with Crippen molar-refractivity contribution < 1.29 is 4.79 Å². The van der Waals surface area contributed by atoms with Crippen molar-refractivity contribution in [2.24, 2.45) is 5.73 Å². The van der Waals surface area contributed by atoms with Gasteiger partial charge in [0.05, 0.1) is 0 Å². The highest BCUT2D eigenvalue weighted by molar-refractivity contribution is 5.76. The Labute approximate surface area is 90.1 Å². The third-order valence-corrected chi connectivity index (χ3v) is 2.24. The number of rotatable bonds is 5. The van der Waals surface area contributed by atoms with Crippen molar-refractivity contribution in [3.8, 4) is 0 Å². The van der Waals surface area contributed by atoms with Crippen LogP contribution in [-0.4, -0.2) is 35.9 Å². The molecule has 4 heteroatoms. The second kappa shape index (κ2) is 6.14. The van der Waals surface area contributed by atoms with Gasteiger partial charge in [-0.25, -0.2) is 0 Å². The number of carbonyl (C=O) groups is 1. The number of pyridine rings is 1. The molecule has 1 aromatic rings. The molecule has 1 rings (SSSR count). The lowest BCUT2D eigenvalue weighted by atomic mass is 10.1. The van der Waals surface area contributed by atoms with Crippen LogP contribution in [-0.2, 0) is 11.2 Å². The van der Waals surface area contributed by atoms with Crippen molar-refractivity contribution in [2.75, 3.05) is 20.1 Å². The molecule has 0 aromatic carbocycles. The summed E-state index contributed by atoms with van der Waals surface area (Å²) in [5, 5.41) is 0. The van der Waals surface area contributed by atoms with Gasteiger partial charge in [-0.15, -0.1) is 0 Å². The second-order valence-corrected chi connectivity index (χ2v) is 3.47. The molecule has 0 fully saturated rings. The molecule has 0 aliphatic carbocycles. The average molecular weight is 207 g/mol. The van der Waals surface area contributed by atoms with E-state index in [0.717, 1.165) is 12.0 Å². The summed E-state index contributed by atoms with van der Waals surface area (Å²) < 4.78 is 0. The van der Waals surface area contributed by atoms with Gasteiger partial charge in [0.2, 0.25) is 5.91 Å². The largest absolute Gasteiger partial charge is 0.344 e. The molecule has 82 valence electrons. The van der Waals surface area contributed by atoms with Gasteiger partial charge in [-0.1, -0.05) is 6.07 Å². The van der Waals surface area contributed by atoms with E-state index in [1.54, 1.807) is 24.3 Å². The first-order chi connectivity index (χ1) is 7.24. The maximum atomic E-state index is 11.6. The van der Waals surface area contributed by atoms with Gasteiger partial charge in [-0.3, -0.25) is 9.78 Å². The van der Waals surface area contributed by atoms with E-state index in [9.17, 15) is 4.79 Å². The van der Waals surface area contributed by atoms with Gasteiger partial charge in [0.25, 0.3) is 0 Å². The maximum Gasteiger partial charge on any atom is 0.222 e. The molecule has 1 aromatic heterocycles. The van der Waals surface area contributed by atoms with Gasteiger partial charge in [0, 0.05) is 39.0 Å². The minimum atomic E-state index is 0.129. The third-order valence-electron chi connectivity index (χ3n) is 2.24. The summed E-state index contributed by atoms with van der Waals surface area (Å²) in [6.07, 6.45) is 4.77. The summed E-state index contributed by atoms with van der Waals surface area (Å²) in [5.74, 6) is 0.129. The van der Waals surface area contributed by atoms with E-state index in [2.05, 4.69) is 4.98 Å². The van der Waals surface area contributed by atoms with Gasteiger partial charge in [0.1, 0.15) is 0 Å². The summed E-state index contributed by atoms with van der Waals surface area (Å²) in [7, 11) is 1.78. The number of nitrogens with two attached hydrogens (primary N) is 1. The molecule has 1 amide bonds. The van der Waals surface area contributed by atoms with E-state index in [1.165, 1.54) is 0 Å². The van der Waals surface area contributed by atoms with Crippen LogP contribution in [0.25, 0.3) is 0 Å². The SMILES string of the molecule is CN(CCN)C(=O)CCc1cccnc1. The molecule has 0 aliphatic heterocycles. The minimum Gasteiger partial charge on any atom is -0.344 e. The van der Waals surface area contributed by atoms with Crippen LogP contribution in [0.2, 0.25) is 0 Å². The number of amides is 1. The first kappa shape index (κ1) is 11.7. The quantitative estimate of drug-likeness (QED) is 0.761. The summed E-state index contributed by atoms with van der Waals surface area (Å²) in [6, 6.07) is 3.85. The van der Waals surface area contributed by atoms with Gasteiger partial charge >= 0.3 is 0 Å². The van der Waals surface area contributed by atoms with Crippen molar-refractivity contribution in [1.29, 1.82) is 0 Å². The average Bonchev–Trinajstić information content (AvgIpc) is 2.27. The zero-order valence-corrected chi connectivity index (χ0v) is 9.02. The van der Waals surface area contributed by atoms with Crippen molar-refractivity contribution in [2.45, 2.75) is 12.8 Å². The standard InChI is InChI=1S/C11H17N3O/c1-14(8-6-12)11(15)5-4-10-3-2-7-13-9-10/h2-3,7,9H,4-6,8,12H2,1H3. The van der Waals surface area contributed by atoms with Crippen LogP contribution in [0.4, 0.5) is 0 Å². The highest BCUT2D eigenvalue weighted by atomic mass is 16.2. The van der Waals surface area contributed by atoms with Crippen LogP contribution in [0.5, 0.6) is 0 Å². The lowest BCUT2D eigenvalue weighted by molar-refractivity contribution is -0.129. The Morgan fingerprint density at radius 3 is 3.00 bits per heavy atom. The molecular formula is C11H17N3O. The number of likely N-dealkylation sites (N-methyl/N-ethyl adjacent to an activating group) is 1. The van der Waals surface area contributed by atoms with Crippen molar-refractivity contribution in [1.82, 2.24) is 9.88 Å². The highest BCUT2D eigenvalue weighted by Gasteiger charge is 2.07. The molecule has 0 radical (unpaired) electrons. The van der Waals surface area contributed by atoms with E-state index >= 15 is 0 Å². The number of hydrogen-bond donors (Lipinski definition) is 1. The number of aromatic nitrogens is 1. The van der Waals surface area contributed by atoms with Crippen molar-refractivity contribution in [3.63, 3.8) is 0 Å². The molecule has 0 bridgehead atoms. The van der Waals surface area contributed by atoms with Crippen molar-refractivity contribution in [3.05, 3.63) is 30.1 Å². The molecule has 0 saturated carbocycles. The molecule has 1 heterocycles. The van der Waals surface area contributed by atoms with Crippen LogP contribution >= 0.6 is 0 Å². The van der Waals surface area contributed by atoms with E-state index in [4.69, 9.17) is 5.73 Å². The van der Waals surface area contributed by atoms with Crippen LogP contribution < -0.4 is 5.73 Å². The third kappa shape index (κ3) is 4.08. The smallest absolute Gasteiger partial charge is 0.222 e. The van der Waals surface area contributed by atoms with E-state index < -0.39 is 0 Å². The van der Waals surface area contributed by atoms with E-state index in [1.807, 2.05) is 12.1 Å². The van der Waals surface area contributed by atoms with Gasteiger partial charge in [-0.2, -0.15) is 0 Å². The normalized spacial score (nSPS) is 10.0. The molecule has 0 spiro atoms. The van der Waals surface area contributed by atoms with E-state index in [-0.39, 0.29) is 5.91 Å². The fourth-order valence-corrected chi connectivity index (χ4v) is 1.31. The minimum absolute atomic E-state index is 0.129. The van der Waals surface area contributed by atoms with Crippen molar-refractivity contribution >= 4 is 5.91 Å². The molecule has 15 heavy (non-hydrogen) atoms. The number of carbonyl (C=O) groups excluding carboxylic acids is 1. The Kier molecular flexibility index (Phi) is 4.77.